The molecule has 0 atom stereocenters. The molecule has 1 heterocycles. The van der Waals surface area contributed by atoms with Crippen LogP contribution < -0.4 is 0 Å². The quantitative estimate of drug-likeness (QED) is 0.686. The number of ketones is 1. The summed E-state index contributed by atoms with van der Waals surface area (Å²) in [6.07, 6.45) is 3.28. The third kappa shape index (κ3) is 2.01. The SMILES string of the molecule is CSCC(=O)c1ccoc1Cl. The van der Waals surface area contributed by atoms with Crippen LogP contribution in [0.15, 0.2) is 16.7 Å². The van der Waals surface area contributed by atoms with Crippen molar-refractivity contribution in [2.45, 2.75) is 0 Å². The Hall–Kier alpha value is -0.410. The lowest BCUT2D eigenvalue weighted by atomic mass is 10.2. The van der Waals surface area contributed by atoms with Crippen molar-refractivity contribution in [2.24, 2.45) is 0 Å². The molecule has 0 spiro atoms. The van der Waals surface area contributed by atoms with E-state index in [9.17, 15) is 4.79 Å². The van der Waals surface area contributed by atoms with Gasteiger partial charge in [-0.1, -0.05) is 0 Å². The molecule has 0 aromatic carbocycles. The van der Waals surface area contributed by atoms with Crippen LogP contribution in [0.25, 0.3) is 0 Å². The molecule has 0 radical (unpaired) electrons. The Kier molecular flexibility index (Phi) is 3.02. The standard InChI is InChI=1S/C7H7ClO2S/c1-11-4-6(9)5-2-3-10-7(5)8/h2-3H,4H2,1H3. The molecule has 0 N–H and O–H groups in total. The first-order valence-corrected chi connectivity index (χ1v) is 4.78. The number of carbonyl (C=O) groups excluding carboxylic acids is 1. The maximum atomic E-state index is 11.2. The molecule has 0 aliphatic heterocycles. The van der Waals surface area contributed by atoms with Crippen LogP contribution >= 0.6 is 23.4 Å². The van der Waals surface area contributed by atoms with Crippen LogP contribution in [0, 0.1) is 0 Å². The smallest absolute Gasteiger partial charge is 0.203 e. The van der Waals surface area contributed by atoms with Crippen molar-refractivity contribution in [2.75, 3.05) is 12.0 Å². The number of thioether (sulfide) groups is 1. The highest BCUT2D eigenvalue weighted by Gasteiger charge is 2.11. The Morgan fingerprint density at radius 1 is 1.82 bits per heavy atom. The average Bonchev–Trinajstić information content (AvgIpc) is 2.36. The van der Waals surface area contributed by atoms with E-state index in [4.69, 9.17) is 16.0 Å². The van der Waals surface area contributed by atoms with Gasteiger partial charge in [0.1, 0.15) is 0 Å². The summed E-state index contributed by atoms with van der Waals surface area (Å²) < 4.78 is 4.77. The van der Waals surface area contributed by atoms with E-state index in [1.54, 1.807) is 6.07 Å². The summed E-state index contributed by atoms with van der Waals surface area (Å²) in [5, 5.41) is 0.184. The van der Waals surface area contributed by atoms with Gasteiger partial charge >= 0.3 is 0 Å². The summed E-state index contributed by atoms with van der Waals surface area (Å²) in [4.78, 5) is 11.2. The zero-order chi connectivity index (χ0) is 8.27. The molecule has 4 heteroatoms. The van der Waals surface area contributed by atoms with Gasteiger partial charge in [0.25, 0.3) is 0 Å². The van der Waals surface area contributed by atoms with E-state index in [0.717, 1.165) is 0 Å². The Balaban J connectivity index is 2.76. The first kappa shape index (κ1) is 8.68. The number of halogens is 1. The van der Waals surface area contributed by atoms with Gasteiger partial charge in [0.2, 0.25) is 5.22 Å². The Morgan fingerprint density at radius 2 is 2.55 bits per heavy atom. The third-order valence-corrected chi connectivity index (χ3v) is 2.04. The van der Waals surface area contributed by atoms with Gasteiger partial charge in [-0.3, -0.25) is 4.79 Å². The molecule has 0 unspecified atom stereocenters. The molecule has 1 aromatic rings. The van der Waals surface area contributed by atoms with E-state index in [0.29, 0.717) is 11.3 Å². The fraction of sp³-hybridized carbons (Fsp3) is 0.286. The van der Waals surface area contributed by atoms with Gasteiger partial charge in [0, 0.05) is 0 Å². The lowest BCUT2D eigenvalue weighted by molar-refractivity contribution is 0.102. The Morgan fingerprint density at radius 3 is 3.00 bits per heavy atom. The van der Waals surface area contributed by atoms with Crippen LogP contribution in [0.5, 0.6) is 0 Å². The molecule has 11 heavy (non-hydrogen) atoms. The molecule has 0 aliphatic carbocycles. The summed E-state index contributed by atoms with van der Waals surface area (Å²) in [7, 11) is 0. The molecule has 0 aliphatic rings. The summed E-state index contributed by atoms with van der Waals surface area (Å²) in [6, 6.07) is 1.58. The molecule has 1 aromatic heterocycles. The zero-order valence-corrected chi connectivity index (χ0v) is 7.54. The fourth-order valence-corrected chi connectivity index (χ4v) is 1.34. The van der Waals surface area contributed by atoms with Crippen molar-refractivity contribution >= 4 is 29.1 Å². The number of carbonyl (C=O) groups is 1. The predicted molar refractivity (Wildman–Crippen MR) is 46.4 cm³/mol. The van der Waals surface area contributed by atoms with Crippen molar-refractivity contribution in [3.05, 3.63) is 23.1 Å². The van der Waals surface area contributed by atoms with Gasteiger partial charge in [-0.15, -0.1) is 0 Å². The Bertz CT molecular complexity index is 257. The van der Waals surface area contributed by atoms with Gasteiger partial charge in [-0.05, 0) is 23.9 Å². The molecule has 2 nitrogen and oxygen atoms in total. The van der Waals surface area contributed by atoms with E-state index in [1.165, 1.54) is 18.0 Å². The van der Waals surface area contributed by atoms with Gasteiger partial charge in [-0.2, -0.15) is 11.8 Å². The molecule has 1 rings (SSSR count). The molecule has 0 fully saturated rings. The largest absolute Gasteiger partial charge is 0.452 e. The maximum Gasteiger partial charge on any atom is 0.203 e. The highest BCUT2D eigenvalue weighted by molar-refractivity contribution is 7.99. The van der Waals surface area contributed by atoms with Crippen LogP contribution in [-0.4, -0.2) is 17.8 Å². The van der Waals surface area contributed by atoms with Crippen molar-refractivity contribution in [3.8, 4) is 0 Å². The number of furan rings is 1. The van der Waals surface area contributed by atoms with Crippen LogP contribution in [0.4, 0.5) is 0 Å². The maximum absolute atomic E-state index is 11.2. The third-order valence-electron chi connectivity index (χ3n) is 1.19. The summed E-state index contributed by atoms with van der Waals surface area (Å²) in [6.45, 7) is 0. The minimum absolute atomic E-state index is 0.0104. The van der Waals surface area contributed by atoms with Gasteiger partial charge in [-0.25, -0.2) is 0 Å². The van der Waals surface area contributed by atoms with Crippen LogP contribution in [-0.2, 0) is 0 Å². The zero-order valence-electron chi connectivity index (χ0n) is 5.96. The summed E-state index contributed by atoms with van der Waals surface area (Å²) >= 11 is 7.04. The Labute approximate surface area is 73.9 Å². The van der Waals surface area contributed by atoms with Crippen LogP contribution in [0.2, 0.25) is 5.22 Å². The van der Waals surface area contributed by atoms with Crippen LogP contribution in [0.1, 0.15) is 10.4 Å². The van der Waals surface area contributed by atoms with Crippen molar-refractivity contribution in [3.63, 3.8) is 0 Å². The fourth-order valence-electron chi connectivity index (χ4n) is 0.702. The first-order valence-electron chi connectivity index (χ1n) is 3.01. The average molecular weight is 191 g/mol. The highest BCUT2D eigenvalue weighted by Crippen LogP contribution is 2.18. The monoisotopic (exact) mass is 190 g/mol. The lowest BCUT2D eigenvalue weighted by Gasteiger charge is -1.92. The number of hydrogen-bond donors (Lipinski definition) is 0. The lowest BCUT2D eigenvalue weighted by Crippen LogP contribution is -2.00. The molecule has 0 amide bonds. The second-order valence-electron chi connectivity index (χ2n) is 1.96. The van der Waals surface area contributed by atoms with Gasteiger partial charge in [0.05, 0.1) is 17.6 Å². The molecule has 0 saturated carbocycles. The molecule has 0 saturated heterocycles. The van der Waals surface area contributed by atoms with Crippen LogP contribution in [0.3, 0.4) is 0 Å². The molecular formula is C7H7ClO2S. The second kappa shape index (κ2) is 3.83. The van der Waals surface area contributed by atoms with Gasteiger partial charge < -0.3 is 4.42 Å². The topological polar surface area (TPSA) is 30.2 Å². The van der Waals surface area contributed by atoms with Crippen molar-refractivity contribution < 1.29 is 9.21 Å². The van der Waals surface area contributed by atoms with E-state index in [-0.39, 0.29) is 11.0 Å². The second-order valence-corrected chi connectivity index (χ2v) is 3.17. The first-order chi connectivity index (χ1) is 5.25. The molecular weight excluding hydrogens is 184 g/mol. The predicted octanol–water partition coefficient (Wildman–Crippen LogP) is 2.48. The number of rotatable bonds is 3. The highest BCUT2D eigenvalue weighted by atomic mass is 35.5. The van der Waals surface area contributed by atoms with Gasteiger partial charge in [0.15, 0.2) is 5.78 Å². The molecule has 0 bridgehead atoms. The minimum Gasteiger partial charge on any atom is -0.452 e. The van der Waals surface area contributed by atoms with Crippen molar-refractivity contribution in [1.82, 2.24) is 0 Å². The van der Waals surface area contributed by atoms with E-state index < -0.39 is 0 Å². The van der Waals surface area contributed by atoms with E-state index >= 15 is 0 Å². The van der Waals surface area contributed by atoms with E-state index in [1.807, 2.05) is 6.26 Å². The molecule has 60 valence electrons. The number of Topliss-reactive ketones (excluding diaryl/α,β-unsaturated/α-hetero) is 1. The summed E-state index contributed by atoms with van der Waals surface area (Å²) in [5.74, 6) is 0.454. The summed E-state index contributed by atoms with van der Waals surface area (Å²) in [5.41, 5.74) is 0.473. The normalized spacial score (nSPS) is 10.0. The minimum atomic E-state index is 0.0104. The number of hydrogen-bond acceptors (Lipinski definition) is 3. The van der Waals surface area contributed by atoms with Crippen molar-refractivity contribution in [1.29, 1.82) is 0 Å². The van der Waals surface area contributed by atoms with E-state index in [2.05, 4.69) is 0 Å².